The Morgan fingerprint density at radius 1 is 1.23 bits per heavy atom. The van der Waals surface area contributed by atoms with Crippen LogP contribution in [0.3, 0.4) is 0 Å². The number of ether oxygens (including phenoxy) is 4. The van der Waals surface area contributed by atoms with E-state index in [0.29, 0.717) is 39.3 Å². The molecule has 0 aromatic heterocycles. The molecule has 2 unspecified atom stereocenters. The van der Waals surface area contributed by atoms with E-state index in [0.717, 1.165) is 11.3 Å². The molecular weight excluding hydrogens is 402 g/mol. The summed E-state index contributed by atoms with van der Waals surface area (Å²) in [6.07, 6.45) is -1.45. The van der Waals surface area contributed by atoms with Crippen molar-refractivity contribution in [1.82, 2.24) is 4.90 Å². The van der Waals surface area contributed by atoms with Gasteiger partial charge in [0.2, 0.25) is 0 Å². The molecule has 1 N–H and O–H groups in total. The summed E-state index contributed by atoms with van der Waals surface area (Å²) in [7, 11) is 1.60. The number of amides is 1. The molecule has 0 spiro atoms. The highest BCUT2D eigenvalue weighted by atomic mass is 16.7. The first-order chi connectivity index (χ1) is 14.8. The number of morpholine rings is 1. The van der Waals surface area contributed by atoms with Gasteiger partial charge in [-0.3, -0.25) is 9.59 Å². The second-order valence-electron chi connectivity index (χ2n) is 8.73. The Morgan fingerprint density at radius 2 is 1.90 bits per heavy atom. The molecule has 2 fully saturated rings. The largest absolute Gasteiger partial charge is 0.497 e. The molecule has 1 aromatic rings. The average Bonchev–Trinajstić information content (AvgIpc) is 2.79. The molecule has 172 valence electrons. The van der Waals surface area contributed by atoms with Crippen LogP contribution in [0.1, 0.15) is 45.0 Å². The first kappa shape index (κ1) is 23.7. The number of ketones is 1. The summed E-state index contributed by atoms with van der Waals surface area (Å²) in [5.74, 6) is 0.397. The van der Waals surface area contributed by atoms with E-state index in [1.54, 1.807) is 12.0 Å². The van der Waals surface area contributed by atoms with Gasteiger partial charge in [0.25, 0.3) is 5.91 Å². The Morgan fingerprint density at radius 3 is 2.55 bits per heavy atom. The Labute approximate surface area is 183 Å². The molecule has 3 atom stereocenters. The predicted molar refractivity (Wildman–Crippen MR) is 113 cm³/mol. The van der Waals surface area contributed by atoms with Gasteiger partial charge in [0.05, 0.1) is 26.9 Å². The molecule has 0 radical (unpaired) electrons. The molecule has 2 aliphatic rings. The van der Waals surface area contributed by atoms with Gasteiger partial charge in [-0.1, -0.05) is 26.0 Å². The molecule has 2 aliphatic heterocycles. The van der Waals surface area contributed by atoms with E-state index in [2.05, 4.69) is 0 Å². The average molecular weight is 436 g/mol. The Balaban J connectivity index is 1.52. The number of carbonyl (C=O) groups excluding carboxylic acids is 2. The molecule has 2 saturated heterocycles. The van der Waals surface area contributed by atoms with Crippen molar-refractivity contribution in [2.45, 2.75) is 51.6 Å². The van der Waals surface area contributed by atoms with E-state index in [1.807, 2.05) is 38.1 Å². The van der Waals surface area contributed by atoms with Crippen LogP contribution in [0.25, 0.3) is 0 Å². The third-order valence-electron chi connectivity index (χ3n) is 5.77. The van der Waals surface area contributed by atoms with Crippen LogP contribution in [0, 0.1) is 5.41 Å². The summed E-state index contributed by atoms with van der Waals surface area (Å²) in [4.78, 5) is 26.9. The number of hydrogen-bond acceptors (Lipinski definition) is 7. The maximum Gasteiger partial charge on any atom is 0.251 e. The Kier molecular flexibility index (Phi) is 8.05. The number of carbonyl (C=O) groups is 2. The maximum atomic E-state index is 12.9. The minimum Gasteiger partial charge on any atom is -0.497 e. The summed E-state index contributed by atoms with van der Waals surface area (Å²) in [5.41, 5.74) is 0.350. The molecule has 8 nitrogen and oxygen atoms in total. The van der Waals surface area contributed by atoms with Crippen molar-refractivity contribution in [2.24, 2.45) is 5.41 Å². The van der Waals surface area contributed by atoms with Crippen molar-refractivity contribution in [2.75, 3.05) is 40.0 Å². The van der Waals surface area contributed by atoms with Crippen LogP contribution in [0.4, 0.5) is 0 Å². The van der Waals surface area contributed by atoms with Crippen molar-refractivity contribution in [1.29, 1.82) is 0 Å². The van der Waals surface area contributed by atoms with Crippen molar-refractivity contribution in [3.8, 4) is 5.75 Å². The van der Waals surface area contributed by atoms with Crippen molar-refractivity contribution >= 4 is 11.7 Å². The van der Waals surface area contributed by atoms with Gasteiger partial charge < -0.3 is 29.0 Å². The minimum atomic E-state index is -1.10. The minimum absolute atomic E-state index is 0.0437. The molecule has 1 amide bonds. The van der Waals surface area contributed by atoms with Crippen molar-refractivity contribution < 1.29 is 33.6 Å². The van der Waals surface area contributed by atoms with E-state index in [1.165, 1.54) is 0 Å². The third-order valence-corrected chi connectivity index (χ3v) is 5.77. The van der Waals surface area contributed by atoms with Gasteiger partial charge >= 0.3 is 0 Å². The van der Waals surface area contributed by atoms with Gasteiger partial charge in [0, 0.05) is 30.5 Å². The molecule has 1 aromatic carbocycles. The molecule has 0 saturated carbocycles. The summed E-state index contributed by atoms with van der Waals surface area (Å²) in [5, 5.41) is 10.2. The van der Waals surface area contributed by atoms with Crippen molar-refractivity contribution in [3.63, 3.8) is 0 Å². The van der Waals surface area contributed by atoms with Gasteiger partial charge in [-0.05, 0) is 25.0 Å². The first-order valence-electron chi connectivity index (χ1n) is 10.8. The van der Waals surface area contributed by atoms with Crippen LogP contribution in [0.15, 0.2) is 24.3 Å². The fourth-order valence-corrected chi connectivity index (χ4v) is 3.88. The van der Waals surface area contributed by atoms with Crippen LogP contribution in [0.5, 0.6) is 5.75 Å². The number of aliphatic hydroxyl groups is 1. The number of hydrogen-bond donors (Lipinski definition) is 1. The monoisotopic (exact) mass is 435 g/mol. The highest BCUT2D eigenvalue weighted by molar-refractivity contribution is 5.84. The lowest BCUT2D eigenvalue weighted by Gasteiger charge is -2.41. The molecule has 31 heavy (non-hydrogen) atoms. The zero-order chi connectivity index (χ0) is 22.4. The van der Waals surface area contributed by atoms with E-state index in [4.69, 9.17) is 18.9 Å². The maximum absolute atomic E-state index is 12.9. The van der Waals surface area contributed by atoms with E-state index in [9.17, 15) is 14.7 Å². The van der Waals surface area contributed by atoms with Crippen LogP contribution >= 0.6 is 0 Å². The lowest BCUT2D eigenvalue weighted by atomic mass is 9.82. The SMILES string of the molecule is COc1ccc(C2OCC(C)(C)[C@H](C(=O)CCCC(O)C(=O)N3CCOCC3)O2)cc1. The van der Waals surface area contributed by atoms with Gasteiger partial charge in [0.15, 0.2) is 12.1 Å². The number of nitrogens with zero attached hydrogens (tertiary/aromatic N) is 1. The van der Waals surface area contributed by atoms with E-state index >= 15 is 0 Å². The van der Waals surface area contributed by atoms with Crippen LogP contribution in [-0.2, 0) is 23.8 Å². The fraction of sp³-hybridized carbons (Fsp3) is 0.652. The number of Topliss-reactive ketones (excluding diaryl/α,β-unsaturated/α-hetero) is 1. The lowest BCUT2D eigenvalue weighted by molar-refractivity contribution is -0.257. The van der Waals surface area contributed by atoms with E-state index < -0.39 is 23.9 Å². The molecule has 2 heterocycles. The van der Waals surface area contributed by atoms with Gasteiger partial charge in [-0.2, -0.15) is 0 Å². The zero-order valence-corrected chi connectivity index (χ0v) is 18.5. The van der Waals surface area contributed by atoms with Crippen LogP contribution in [0.2, 0.25) is 0 Å². The molecule has 0 aliphatic carbocycles. The summed E-state index contributed by atoms with van der Waals surface area (Å²) < 4.78 is 22.3. The standard InChI is InChI=1S/C23H33NO7/c1-23(2)15-30-22(16-7-9-17(28-3)10-8-16)31-20(23)18(25)5-4-6-19(26)21(27)24-11-13-29-14-12-24/h7-10,19-20,22,26H,4-6,11-15H2,1-3H3/t19?,20-,22?/m0/s1. The highest BCUT2D eigenvalue weighted by Crippen LogP contribution is 2.37. The number of benzene rings is 1. The third kappa shape index (κ3) is 6.04. The van der Waals surface area contributed by atoms with Crippen LogP contribution < -0.4 is 4.74 Å². The molecule has 3 rings (SSSR count). The first-order valence-corrected chi connectivity index (χ1v) is 10.8. The number of methoxy groups -OCH3 is 1. The second kappa shape index (κ2) is 10.5. The highest BCUT2D eigenvalue weighted by Gasteiger charge is 2.42. The Hall–Kier alpha value is -2.00. The molecule has 0 bridgehead atoms. The quantitative estimate of drug-likeness (QED) is 0.668. The zero-order valence-electron chi connectivity index (χ0n) is 18.5. The van der Waals surface area contributed by atoms with Crippen LogP contribution in [-0.4, -0.2) is 73.9 Å². The summed E-state index contributed by atoms with van der Waals surface area (Å²) in [6.45, 7) is 6.23. The number of rotatable bonds is 8. The van der Waals surface area contributed by atoms with Gasteiger partial charge in [-0.15, -0.1) is 0 Å². The topological polar surface area (TPSA) is 94.5 Å². The van der Waals surface area contributed by atoms with E-state index in [-0.39, 0.29) is 24.5 Å². The smallest absolute Gasteiger partial charge is 0.251 e. The fourth-order valence-electron chi connectivity index (χ4n) is 3.88. The lowest BCUT2D eigenvalue weighted by Crippen LogP contribution is -2.47. The normalized spacial score (nSPS) is 24.5. The number of aliphatic hydroxyl groups excluding tert-OH is 1. The predicted octanol–water partition coefficient (Wildman–Crippen LogP) is 2.09. The summed E-state index contributed by atoms with van der Waals surface area (Å²) in [6, 6.07) is 7.37. The summed E-state index contributed by atoms with van der Waals surface area (Å²) >= 11 is 0. The Bertz CT molecular complexity index is 743. The molecule has 8 heteroatoms. The van der Waals surface area contributed by atoms with Gasteiger partial charge in [-0.25, -0.2) is 0 Å². The second-order valence-corrected chi connectivity index (χ2v) is 8.73. The van der Waals surface area contributed by atoms with Gasteiger partial charge in [0.1, 0.15) is 18.0 Å². The molecular formula is C23H33NO7. The van der Waals surface area contributed by atoms with Crippen molar-refractivity contribution in [3.05, 3.63) is 29.8 Å².